The Labute approximate surface area is 184 Å². The maximum absolute atomic E-state index is 12.5. The van der Waals surface area contributed by atoms with Gasteiger partial charge >= 0.3 is 0 Å². The predicted molar refractivity (Wildman–Crippen MR) is 126 cm³/mol. The summed E-state index contributed by atoms with van der Waals surface area (Å²) in [6.07, 6.45) is 1.19. The fourth-order valence-corrected chi connectivity index (χ4v) is 4.17. The second-order valence-corrected chi connectivity index (χ2v) is 9.73. The summed E-state index contributed by atoms with van der Waals surface area (Å²) in [7, 11) is -3.48. The summed E-state index contributed by atoms with van der Waals surface area (Å²) in [6.45, 7) is 4.81. The lowest BCUT2D eigenvalue weighted by atomic mass is 10.0. The first-order valence-corrected chi connectivity index (χ1v) is 12.1. The SMILES string of the molecule is Cc1ccc(CN(c2ccc(C(=O)NCC(C)c3ccccc3)cc2)S(C)(=O)=O)cc1. The normalized spacial score (nSPS) is 12.2. The van der Waals surface area contributed by atoms with E-state index in [1.165, 1.54) is 10.6 Å². The van der Waals surface area contributed by atoms with Gasteiger partial charge in [-0.2, -0.15) is 0 Å². The van der Waals surface area contributed by atoms with Crippen LogP contribution in [0.25, 0.3) is 0 Å². The van der Waals surface area contributed by atoms with E-state index >= 15 is 0 Å². The average molecular weight is 437 g/mol. The monoisotopic (exact) mass is 436 g/mol. The van der Waals surface area contributed by atoms with Gasteiger partial charge in [0, 0.05) is 12.1 Å². The van der Waals surface area contributed by atoms with Crippen LogP contribution in [0.3, 0.4) is 0 Å². The molecule has 0 radical (unpaired) electrons. The van der Waals surface area contributed by atoms with Crippen molar-refractivity contribution < 1.29 is 13.2 Å². The number of anilines is 1. The van der Waals surface area contributed by atoms with Gasteiger partial charge in [0.2, 0.25) is 10.0 Å². The van der Waals surface area contributed by atoms with Gasteiger partial charge in [-0.05, 0) is 48.2 Å². The Balaban J connectivity index is 1.69. The Bertz CT molecular complexity index is 1110. The number of rotatable bonds is 8. The van der Waals surface area contributed by atoms with Crippen molar-refractivity contribution in [1.29, 1.82) is 0 Å². The molecule has 0 aliphatic carbocycles. The summed E-state index contributed by atoms with van der Waals surface area (Å²) >= 11 is 0. The molecule has 1 amide bonds. The Kier molecular flexibility index (Phi) is 7.13. The molecule has 1 atom stereocenters. The second kappa shape index (κ2) is 9.79. The molecule has 6 heteroatoms. The van der Waals surface area contributed by atoms with Crippen LogP contribution in [-0.2, 0) is 16.6 Å². The molecule has 0 aliphatic heterocycles. The molecule has 0 spiro atoms. The van der Waals surface area contributed by atoms with Gasteiger partial charge in [0.05, 0.1) is 18.5 Å². The maximum Gasteiger partial charge on any atom is 0.251 e. The number of aryl methyl sites for hydroxylation is 1. The number of amides is 1. The molecule has 0 bridgehead atoms. The predicted octanol–water partition coefficient (Wildman–Crippen LogP) is 4.49. The number of sulfonamides is 1. The highest BCUT2D eigenvalue weighted by Crippen LogP contribution is 2.22. The lowest BCUT2D eigenvalue weighted by Gasteiger charge is -2.23. The van der Waals surface area contributed by atoms with Gasteiger partial charge in [0.25, 0.3) is 5.91 Å². The van der Waals surface area contributed by atoms with Crippen molar-refractivity contribution in [2.45, 2.75) is 26.3 Å². The van der Waals surface area contributed by atoms with Crippen LogP contribution in [0.1, 0.15) is 39.9 Å². The first-order chi connectivity index (χ1) is 14.7. The lowest BCUT2D eigenvalue weighted by Crippen LogP contribution is -2.30. The van der Waals surface area contributed by atoms with E-state index in [0.29, 0.717) is 17.8 Å². The number of benzene rings is 3. The minimum absolute atomic E-state index is 0.182. The third-order valence-electron chi connectivity index (χ3n) is 5.20. The smallest absolute Gasteiger partial charge is 0.251 e. The van der Waals surface area contributed by atoms with Gasteiger partial charge in [-0.1, -0.05) is 67.1 Å². The van der Waals surface area contributed by atoms with Crippen molar-refractivity contribution in [3.8, 4) is 0 Å². The highest BCUT2D eigenvalue weighted by atomic mass is 32.2. The van der Waals surface area contributed by atoms with E-state index in [0.717, 1.165) is 16.7 Å². The number of nitrogens with zero attached hydrogens (tertiary/aromatic N) is 1. The molecular weight excluding hydrogens is 408 g/mol. The molecule has 162 valence electrons. The van der Waals surface area contributed by atoms with Crippen LogP contribution >= 0.6 is 0 Å². The molecule has 3 aromatic rings. The van der Waals surface area contributed by atoms with Crippen LogP contribution in [0.2, 0.25) is 0 Å². The fourth-order valence-electron chi connectivity index (χ4n) is 3.29. The van der Waals surface area contributed by atoms with Crippen molar-refractivity contribution in [2.24, 2.45) is 0 Å². The number of hydrogen-bond donors (Lipinski definition) is 1. The molecule has 3 aromatic carbocycles. The van der Waals surface area contributed by atoms with Gasteiger partial charge in [-0.25, -0.2) is 8.42 Å². The number of nitrogens with one attached hydrogen (secondary N) is 1. The molecule has 0 aromatic heterocycles. The second-order valence-electron chi connectivity index (χ2n) is 7.82. The molecule has 0 aliphatic rings. The van der Waals surface area contributed by atoms with Crippen LogP contribution in [0.15, 0.2) is 78.9 Å². The van der Waals surface area contributed by atoms with Crippen molar-refractivity contribution in [1.82, 2.24) is 5.32 Å². The maximum atomic E-state index is 12.5. The zero-order valence-corrected chi connectivity index (χ0v) is 18.9. The Morgan fingerprint density at radius 2 is 1.55 bits per heavy atom. The van der Waals surface area contributed by atoms with E-state index in [-0.39, 0.29) is 18.4 Å². The third kappa shape index (κ3) is 6.18. The van der Waals surface area contributed by atoms with Crippen molar-refractivity contribution >= 4 is 21.6 Å². The molecule has 5 nitrogen and oxygen atoms in total. The summed E-state index contributed by atoms with van der Waals surface area (Å²) in [5.41, 5.74) is 4.20. The average Bonchev–Trinajstić information content (AvgIpc) is 2.77. The van der Waals surface area contributed by atoms with Crippen molar-refractivity contribution in [2.75, 3.05) is 17.1 Å². The van der Waals surface area contributed by atoms with Crippen LogP contribution in [0.4, 0.5) is 5.69 Å². The van der Waals surface area contributed by atoms with Gasteiger partial charge < -0.3 is 5.32 Å². The Hall–Kier alpha value is -3.12. The van der Waals surface area contributed by atoms with E-state index in [9.17, 15) is 13.2 Å². The Morgan fingerprint density at radius 1 is 0.935 bits per heavy atom. The molecule has 1 N–H and O–H groups in total. The van der Waals surface area contributed by atoms with Gasteiger partial charge in [-0.3, -0.25) is 9.10 Å². The van der Waals surface area contributed by atoms with Crippen LogP contribution in [0.5, 0.6) is 0 Å². The van der Waals surface area contributed by atoms with Crippen LogP contribution in [0, 0.1) is 6.92 Å². The van der Waals surface area contributed by atoms with E-state index in [1.54, 1.807) is 24.3 Å². The molecule has 1 unspecified atom stereocenters. The molecule has 31 heavy (non-hydrogen) atoms. The molecule has 0 fully saturated rings. The van der Waals surface area contributed by atoms with Crippen molar-refractivity contribution in [3.63, 3.8) is 0 Å². The van der Waals surface area contributed by atoms with E-state index in [4.69, 9.17) is 0 Å². The lowest BCUT2D eigenvalue weighted by molar-refractivity contribution is 0.0951. The molecule has 3 rings (SSSR count). The van der Waals surface area contributed by atoms with Gasteiger partial charge in [0.15, 0.2) is 0 Å². The minimum Gasteiger partial charge on any atom is -0.351 e. The summed E-state index contributed by atoms with van der Waals surface area (Å²) in [5.74, 6) is 0.0124. The molecule has 0 saturated carbocycles. The van der Waals surface area contributed by atoms with Gasteiger partial charge in [-0.15, -0.1) is 0 Å². The van der Waals surface area contributed by atoms with E-state index in [2.05, 4.69) is 12.2 Å². The van der Waals surface area contributed by atoms with Crippen molar-refractivity contribution in [3.05, 3.63) is 101 Å². The van der Waals surface area contributed by atoms with Crippen LogP contribution < -0.4 is 9.62 Å². The number of carbonyl (C=O) groups is 1. The van der Waals surface area contributed by atoms with E-state index in [1.807, 2.05) is 61.5 Å². The largest absolute Gasteiger partial charge is 0.351 e. The first kappa shape index (κ1) is 22.6. The quantitative estimate of drug-likeness (QED) is 0.566. The summed E-state index contributed by atoms with van der Waals surface area (Å²) < 4.78 is 26.1. The minimum atomic E-state index is -3.48. The molecule has 0 heterocycles. The summed E-state index contributed by atoms with van der Waals surface area (Å²) in [4.78, 5) is 12.5. The highest BCUT2D eigenvalue weighted by molar-refractivity contribution is 7.92. The molecule has 0 saturated heterocycles. The topological polar surface area (TPSA) is 66.5 Å². The zero-order valence-electron chi connectivity index (χ0n) is 18.1. The van der Waals surface area contributed by atoms with Gasteiger partial charge in [0.1, 0.15) is 0 Å². The third-order valence-corrected chi connectivity index (χ3v) is 6.34. The number of hydrogen-bond acceptors (Lipinski definition) is 3. The zero-order chi connectivity index (χ0) is 22.4. The van der Waals surface area contributed by atoms with E-state index < -0.39 is 10.0 Å². The number of carbonyl (C=O) groups excluding carboxylic acids is 1. The first-order valence-electron chi connectivity index (χ1n) is 10.2. The standard InChI is InChI=1S/C25H28N2O3S/c1-19-9-11-21(12-10-19)18-27(31(3,29)30)24-15-13-23(14-16-24)25(28)26-17-20(2)22-7-5-4-6-8-22/h4-16,20H,17-18H2,1-3H3,(H,26,28). The van der Waals surface area contributed by atoms with Crippen LogP contribution in [-0.4, -0.2) is 27.1 Å². The Morgan fingerprint density at radius 3 is 2.13 bits per heavy atom. The molecular formula is C25H28N2O3S. The summed E-state index contributed by atoms with van der Waals surface area (Å²) in [6, 6.07) is 24.4. The highest BCUT2D eigenvalue weighted by Gasteiger charge is 2.18. The fraction of sp³-hybridized carbons (Fsp3) is 0.240. The summed E-state index contributed by atoms with van der Waals surface area (Å²) in [5, 5.41) is 2.95.